The lowest BCUT2D eigenvalue weighted by atomic mass is 9.87. The van der Waals surface area contributed by atoms with Gasteiger partial charge in [-0.2, -0.15) is 0 Å². The number of benzene rings is 2. The summed E-state index contributed by atoms with van der Waals surface area (Å²) in [6, 6.07) is 18.1. The lowest BCUT2D eigenvalue weighted by molar-refractivity contribution is -0.121. The first-order valence-electron chi connectivity index (χ1n) is 9.15. The third-order valence-electron chi connectivity index (χ3n) is 4.10. The van der Waals surface area contributed by atoms with Crippen molar-refractivity contribution in [2.45, 2.75) is 44.0 Å². The SMILES string of the molecule is CC(C)(C)c1ccc(SCC(=O)NCCC(=O)NCc2ccccc2)cc1. The summed E-state index contributed by atoms with van der Waals surface area (Å²) in [5.41, 5.74) is 2.46. The van der Waals surface area contributed by atoms with Gasteiger partial charge in [-0.15, -0.1) is 11.8 Å². The highest BCUT2D eigenvalue weighted by Gasteiger charge is 2.13. The van der Waals surface area contributed by atoms with Crippen molar-refractivity contribution >= 4 is 23.6 Å². The molecule has 0 atom stereocenters. The van der Waals surface area contributed by atoms with E-state index in [9.17, 15) is 9.59 Å². The largest absolute Gasteiger partial charge is 0.355 e. The maximum absolute atomic E-state index is 11.9. The van der Waals surface area contributed by atoms with Crippen molar-refractivity contribution in [1.82, 2.24) is 10.6 Å². The van der Waals surface area contributed by atoms with Crippen LogP contribution in [0.1, 0.15) is 38.3 Å². The standard InChI is InChI=1S/C22H28N2O2S/c1-22(2,3)18-9-11-19(12-10-18)27-16-21(26)23-14-13-20(25)24-15-17-7-5-4-6-8-17/h4-12H,13-16H2,1-3H3,(H,23,26)(H,24,25). The van der Waals surface area contributed by atoms with Gasteiger partial charge in [-0.3, -0.25) is 9.59 Å². The highest BCUT2D eigenvalue weighted by molar-refractivity contribution is 8.00. The second-order valence-corrected chi connectivity index (χ2v) is 8.47. The minimum atomic E-state index is -0.0652. The summed E-state index contributed by atoms with van der Waals surface area (Å²) in [5, 5.41) is 5.65. The van der Waals surface area contributed by atoms with Crippen molar-refractivity contribution < 1.29 is 9.59 Å². The van der Waals surface area contributed by atoms with Gasteiger partial charge in [0.2, 0.25) is 11.8 Å². The lowest BCUT2D eigenvalue weighted by Crippen LogP contribution is -2.31. The van der Waals surface area contributed by atoms with Crippen molar-refractivity contribution in [2.75, 3.05) is 12.3 Å². The Morgan fingerprint density at radius 1 is 0.889 bits per heavy atom. The molecule has 0 bridgehead atoms. The van der Waals surface area contributed by atoms with Crippen LogP contribution in [0.25, 0.3) is 0 Å². The molecule has 0 aliphatic carbocycles. The molecule has 0 saturated heterocycles. The third-order valence-corrected chi connectivity index (χ3v) is 5.11. The molecule has 0 unspecified atom stereocenters. The van der Waals surface area contributed by atoms with Crippen LogP contribution in [-0.4, -0.2) is 24.1 Å². The molecule has 0 aliphatic rings. The monoisotopic (exact) mass is 384 g/mol. The quantitative estimate of drug-likeness (QED) is 0.679. The Hall–Kier alpha value is -2.27. The highest BCUT2D eigenvalue weighted by atomic mass is 32.2. The van der Waals surface area contributed by atoms with Crippen LogP contribution >= 0.6 is 11.8 Å². The minimum Gasteiger partial charge on any atom is -0.355 e. The van der Waals surface area contributed by atoms with Crippen molar-refractivity contribution in [3.63, 3.8) is 0 Å². The molecule has 0 spiro atoms. The average molecular weight is 385 g/mol. The Balaban J connectivity index is 1.62. The van der Waals surface area contributed by atoms with Gasteiger partial charge in [0.1, 0.15) is 0 Å². The molecule has 0 heterocycles. The third kappa shape index (κ3) is 7.87. The van der Waals surface area contributed by atoms with Gasteiger partial charge < -0.3 is 10.6 Å². The Labute approximate surface area is 166 Å². The second kappa shape index (κ2) is 10.2. The van der Waals surface area contributed by atoms with E-state index >= 15 is 0 Å². The zero-order chi connectivity index (χ0) is 19.7. The Kier molecular flexibility index (Phi) is 7.92. The van der Waals surface area contributed by atoms with Crippen LogP contribution < -0.4 is 10.6 Å². The van der Waals surface area contributed by atoms with Crippen LogP contribution in [0.3, 0.4) is 0 Å². The smallest absolute Gasteiger partial charge is 0.230 e. The molecule has 2 rings (SSSR count). The van der Waals surface area contributed by atoms with Gasteiger partial charge in [-0.05, 0) is 28.7 Å². The van der Waals surface area contributed by atoms with E-state index in [1.807, 2.05) is 30.3 Å². The maximum Gasteiger partial charge on any atom is 0.230 e. The average Bonchev–Trinajstić information content (AvgIpc) is 2.65. The van der Waals surface area contributed by atoms with Crippen LogP contribution in [0.5, 0.6) is 0 Å². The van der Waals surface area contributed by atoms with Gasteiger partial charge in [0.05, 0.1) is 5.75 Å². The zero-order valence-corrected chi connectivity index (χ0v) is 17.1. The van der Waals surface area contributed by atoms with Crippen molar-refractivity contribution in [3.8, 4) is 0 Å². The first kappa shape index (κ1) is 21.0. The molecule has 2 aromatic carbocycles. The van der Waals surface area contributed by atoms with Crippen LogP contribution in [-0.2, 0) is 21.5 Å². The molecule has 144 valence electrons. The fourth-order valence-corrected chi connectivity index (χ4v) is 3.18. The molecule has 0 aromatic heterocycles. The number of thioether (sulfide) groups is 1. The van der Waals surface area contributed by atoms with E-state index < -0.39 is 0 Å². The lowest BCUT2D eigenvalue weighted by Gasteiger charge is -2.19. The van der Waals surface area contributed by atoms with Crippen LogP contribution in [0.15, 0.2) is 59.5 Å². The van der Waals surface area contributed by atoms with Gasteiger partial charge in [0, 0.05) is 24.4 Å². The summed E-state index contributed by atoms with van der Waals surface area (Å²) in [4.78, 5) is 24.8. The molecule has 4 nitrogen and oxygen atoms in total. The topological polar surface area (TPSA) is 58.2 Å². The van der Waals surface area contributed by atoms with Crippen LogP contribution in [0, 0.1) is 0 Å². The fraction of sp³-hybridized carbons (Fsp3) is 0.364. The van der Waals surface area contributed by atoms with E-state index in [4.69, 9.17) is 0 Å². The van der Waals surface area contributed by atoms with Gasteiger partial charge in [0.25, 0.3) is 0 Å². The summed E-state index contributed by atoms with van der Waals surface area (Å²) >= 11 is 1.50. The summed E-state index contributed by atoms with van der Waals surface area (Å²) in [6.07, 6.45) is 0.281. The van der Waals surface area contributed by atoms with Crippen molar-refractivity contribution in [1.29, 1.82) is 0 Å². The molecule has 27 heavy (non-hydrogen) atoms. The number of amides is 2. The summed E-state index contributed by atoms with van der Waals surface area (Å²) in [6.45, 7) is 7.40. The molecular weight excluding hydrogens is 356 g/mol. The number of nitrogens with one attached hydrogen (secondary N) is 2. The molecule has 2 aromatic rings. The molecule has 0 saturated carbocycles. The molecule has 0 radical (unpaired) electrons. The fourth-order valence-electron chi connectivity index (χ4n) is 2.45. The summed E-state index contributed by atoms with van der Waals surface area (Å²) < 4.78 is 0. The van der Waals surface area contributed by atoms with Crippen LogP contribution in [0.4, 0.5) is 0 Å². The van der Waals surface area contributed by atoms with Crippen LogP contribution in [0.2, 0.25) is 0 Å². The molecule has 2 N–H and O–H groups in total. The predicted octanol–water partition coefficient (Wildman–Crippen LogP) is 3.90. The van der Waals surface area contributed by atoms with E-state index in [0.29, 0.717) is 18.8 Å². The molecular formula is C22H28N2O2S. The number of hydrogen-bond acceptors (Lipinski definition) is 3. The summed E-state index contributed by atoms with van der Waals surface area (Å²) in [7, 11) is 0. The first-order valence-corrected chi connectivity index (χ1v) is 10.1. The number of carbonyl (C=O) groups is 2. The number of rotatable bonds is 8. The minimum absolute atomic E-state index is 0.0595. The predicted molar refractivity (Wildman–Crippen MR) is 112 cm³/mol. The van der Waals surface area contributed by atoms with Gasteiger partial charge in [-0.1, -0.05) is 63.2 Å². The van der Waals surface area contributed by atoms with E-state index in [2.05, 4.69) is 55.7 Å². The highest BCUT2D eigenvalue weighted by Crippen LogP contribution is 2.25. The van der Waals surface area contributed by atoms with E-state index in [0.717, 1.165) is 10.5 Å². The second-order valence-electron chi connectivity index (χ2n) is 7.43. The van der Waals surface area contributed by atoms with Gasteiger partial charge >= 0.3 is 0 Å². The van der Waals surface area contributed by atoms with Gasteiger partial charge in [0.15, 0.2) is 0 Å². The zero-order valence-electron chi connectivity index (χ0n) is 16.2. The number of carbonyl (C=O) groups excluding carboxylic acids is 2. The Bertz CT molecular complexity index is 737. The summed E-state index contributed by atoms with van der Waals surface area (Å²) in [5.74, 6) is 0.223. The normalized spacial score (nSPS) is 11.1. The van der Waals surface area contributed by atoms with Crippen molar-refractivity contribution in [3.05, 3.63) is 65.7 Å². The van der Waals surface area contributed by atoms with Gasteiger partial charge in [-0.25, -0.2) is 0 Å². The van der Waals surface area contributed by atoms with Crippen molar-refractivity contribution in [2.24, 2.45) is 0 Å². The molecule has 5 heteroatoms. The number of hydrogen-bond donors (Lipinski definition) is 2. The molecule has 2 amide bonds. The Morgan fingerprint density at radius 3 is 2.19 bits per heavy atom. The maximum atomic E-state index is 11.9. The first-order chi connectivity index (χ1) is 12.8. The van der Waals surface area contributed by atoms with E-state index in [-0.39, 0.29) is 23.7 Å². The molecule has 0 fully saturated rings. The van der Waals surface area contributed by atoms with E-state index in [1.54, 1.807) is 0 Å². The molecule has 0 aliphatic heterocycles. The van der Waals surface area contributed by atoms with E-state index in [1.165, 1.54) is 17.3 Å². The Morgan fingerprint density at radius 2 is 1.56 bits per heavy atom.